The maximum Gasteiger partial charge on any atom is 0.225 e. The first kappa shape index (κ1) is 16.2. The summed E-state index contributed by atoms with van der Waals surface area (Å²) in [4.78, 5) is 9.22. The summed E-state index contributed by atoms with van der Waals surface area (Å²) in [6, 6.07) is 17.8. The van der Waals surface area contributed by atoms with Gasteiger partial charge in [0.25, 0.3) is 0 Å². The zero-order chi connectivity index (χ0) is 17.2. The third-order valence-electron chi connectivity index (χ3n) is 3.84. The number of nitrogens with zero attached hydrogens (tertiary/aromatic N) is 2. The van der Waals surface area contributed by atoms with Crippen molar-refractivity contribution in [2.24, 2.45) is 0 Å². The van der Waals surface area contributed by atoms with E-state index in [1.165, 1.54) is 0 Å². The first-order valence-electron chi connectivity index (χ1n) is 8.10. The summed E-state index contributed by atoms with van der Waals surface area (Å²) >= 11 is 12.2. The molecule has 0 bridgehead atoms. The minimum absolute atomic E-state index is 0.472. The summed E-state index contributed by atoms with van der Waals surface area (Å²) in [5.74, 6) is 1.31. The Morgan fingerprint density at radius 3 is 2.28 bits per heavy atom. The molecule has 4 rings (SSSR count). The van der Waals surface area contributed by atoms with Crippen molar-refractivity contribution in [2.45, 2.75) is 18.9 Å². The van der Waals surface area contributed by atoms with E-state index >= 15 is 0 Å². The van der Waals surface area contributed by atoms with Crippen molar-refractivity contribution < 1.29 is 0 Å². The van der Waals surface area contributed by atoms with Gasteiger partial charge in [0.15, 0.2) is 0 Å². The maximum absolute atomic E-state index is 6.08. The van der Waals surface area contributed by atoms with Crippen molar-refractivity contribution in [3.05, 3.63) is 64.6 Å². The Kier molecular flexibility index (Phi) is 4.47. The SMILES string of the molecule is Clc1cc(Cl)cc(Nc2cc(-c3ccccc3)nc(NC3CC3)n2)c1. The minimum atomic E-state index is 0.472. The highest BCUT2D eigenvalue weighted by Gasteiger charge is 2.22. The first-order chi connectivity index (χ1) is 12.2. The molecule has 0 spiro atoms. The van der Waals surface area contributed by atoms with Crippen molar-refractivity contribution in [3.8, 4) is 11.3 Å². The Bertz CT molecular complexity index is 875. The highest BCUT2D eigenvalue weighted by molar-refractivity contribution is 6.35. The van der Waals surface area contributed by atoms with Crippen molar-refractivity contribution in [1.82, 2.24) is 9.97 Å². The largest absolute Gasteiger partial charge is 0.351 e. The molecular weight excluding hydrogens is 355 g/mol. The number of hydrogen-bond acceptors (Lipinski definition) is 4. The summed E-state index contributed by atoms with van der Waals surface area (Å²) in [5.41, 5.74) is 2.68. The predicted octanol–water partition coefficient (Wildman–Crippen LogP) is 5.77. The highest BCUT2D eigenvalue weighted by Crippen LogP contribution is 2.29. The van der Waals surface area contributed by atoms with Gasteiger partial charge in [-0.25, -0.2) is 4.98 Å². The van der Waals surface area contributed by atoms with Gasteiger partial charge in [0, 0.05) is 33.4 Å². The van der Waals surface area contributed by atoms with Crippen molar-refractivity contribution in [2.75, 3.05) is 10.6 Å². The molecule has 1 aliphatic rings. The van der Waals surface area contributed by atoms with Crippen LogP contribution >= 0.6 is 23.2 Å². The fourth-order valence-electron chi connectivity index (χ4n) is 2.52. The van der Waals surface area contributed by atoms with E-state index in [2.05, 4.69) is 20.6 Å². The standard InChI is InChI=1S/C19H16Cl2N4/c20-13-8-14(21)10-16(9-13)22-18-11-17(12-4-2-1-3-5-12)24-19(25-18)23-15-6-7-15/h1-5,8-11,15H,6-7H2,(H2,22,23,24,25). The zero-order valence-corrected chi connectivity index (χ0v) is 14.8. The topological polar surface area (TPSA) is 49.8 Å². The number of aromatic nitrogens is 2. The molecule has 1 aromatic heterocycles. The van der Waals surface area contributed by atoms with Crippen molar-refractivity contribution in [1.29, 1.82) is 0 Å². The van der Waals surface area contributed by atoms with Crippen molar-refractivity contribution in [3.63, 3.8) is 0 Å². The monoisotopic (exact) mass is 370 g/mol. The van der Waals surface area contributed by atoms with Gasteiger partial charge in [0.2, 0.25) is 5.95 Å². The molecule has 6 heteroatoms. The quantitative estimate of drug-likeness (QED) is 0.598. The van der Waals surface area contributed by atoms with Gasteiger partial charge in [-0.2, -0.15) is 4.98 Å². The Balaban J connectivity index is 1.70. The molecule has 4 nitrogen and oxygen atoms in total. The van der Waals surface area contributed by atoms with E-state index in [-0.39, 0.29) is 0 Å². The van der Waals surface area contributed by atoms with Crippen LogP contribution in [0.1, 0.15) is 12.8 Å². The average Bonchev–Trinajstić information content (AvgIpc) is 3.38. The summed E-state index contributed by atoms with van der Waals surface area (Å²) in [6.07, 6.45) is 2.32. The number of rotatable bonds is 5. The third-order valence-corrected chi connectivity index (χ3v) is 4.28. The lowest BCUT2D eigenvalue weighted by atomic mass is 10.1. The second-order valence-electron chi connectivity index (χ2n) is 6.03. The maximum atomic E-state index is 6.08. The Labute approximate surface area is 156 Å². The average molecular weight is 371 g/mol. The molecule has 2 aromatic carbocycles. The van der Waals surface area contributed by atoms with Crippen LogP contribution in [0.25, 0.3) is 11.3 Å². The molecule has 0 atom stereocenters. The fourth-order valence-corrected chi connectivity index (χ4v) is 3.04. The molecule has 1 heterocycles. The van der Waals surface area contributed by atoms with Crippen LogP contribution < -0.4 is 10.6 Å². The summed E-state index contributed by atoms with van der Waals surface area (Å²) in [5, 5.41) is 7.78. The third kappa shape index (κ3) is 4.21. The van der Waals surface area contributed by atoms with Crippen LogP contribution in [0.2, 0.25) is 10.0 Å². The lowest BCUT2D eigenvalue weighted by Crippen LogP contribution is -2.07. The lowest BCUT2D eigenvalue weighted by Gasteiger charge is -2.11. The van der Waals surface area contributed by atoms with Gasteiger partial charge < -0.3 is 10.6 Å². The van der Waals surface area contributed by atoms with E-state index in [4.69, 9.17) is 23.2 Å². The van der Waals surface area contributed by atoms with E-state index < -0.39 is 0 Å². The molecule has 1 fully saturated rings. The molecule has 1 saturated carbocycles. The Hall–Kier alpha value is -2.30. The Morgan fingerprint density at radius 1 is 0.880 bits per heavy atom. The van der Waals surface area contributed by atoms with E-state index in [9.17, 15) is 0 Å². The second kappa shape index (κ2) is 6.90. The first-order valence-corrected chi connectivity index (χ1v) is 8.85. The van der Waals surface area contributed by atoms with Gasteiger partial charge in [0.05, 0.1) is 5.69 Å². The minimum Gasteiger partial charge on any atom is -0.351 e. The molecule has 2 N–H and O–H groups in total. The van der Waals surface area contributed by atoms with E-state index in [1.54, 1.807) is 6.07 Å². The van der Waals surface area contributed by atoms with Crippen LogP contribution in [0.5, 0.6) is 0 Å². The number of anilines is 3. The van der Waals surface area contributed by atoms with Crippen LogP contribution in [0.3, 0.4) is 0 Å². The molecule has 0 aliphatic heterocycles. The number of nitrogens with one attached hydrogen (secondary N) is 2. The van der Waals surface area contributed by atoms with Crippen LogP contribution in [-0.4, -0.2) is 16.0 Å². The molecular formula is C19H16Cl2N4. The molecule has 0 saturated heterocycles. The van der Waals surface area contributed by atoms with Gasteiger partial charge in [-0.3, -0.25) is 0 Å². The lowest BCUT2D eigenvalue weighted by molar-refractivity contribution is 1.06. The highest BCUT2D eigenvalue weighted by atomic mass is 35.5. The van der Waals surface area contributed by atoms with Gasteiger partial charge in [0.1, 0.15) is 5.82 Å². The van der Waals surface area contributed by atoms with Crippen LogP contribution in [-0.2, 0) is 0 Å². The van der Waals surface area contributed by atoms with Crippen LogP contribution in [0.4, 0.5) is 17.5 Å². The molecule has 0 unspecified atom stereocenters. The summed E-state index contributed by atoms with van der Waals surface area (Å²) < 4.78 is 0. The zero-order valence-electron chi connectivity index (χ0n) is 13.3. The van der Waals surface area contributed by atoms with Gasteiger partial charge in [-0.15, -0.1) is 0 Å². The molecule has 25 heavy (non-hydrogen) atoms. The molecule has 3 aromatic rings. The normalized spacial score (nSPS) is 13.5. The fraction of sp³-hybridized carbons (Fsp3) is 0.158. The van der Waals surface area contributed by atoms with Crippen molar-refractivity contribution >= 4 is 40.7 Å². The summed E-state index contributed by atoms with van der Waals surface area (Å²) in [6.45, 7) is 0. The van der Waals surface area contributed by atoms with Gasteiger partial charge in [-0.05, 0) is 31.0 Å². The summed E-state index contributed by atoms with van der Waals surface area (Å²) in [7, 11) is 0. The molecule has 0 amide bonds. The number of benzene rings is 2. The number of halogens is 2. The predicted molar refractivity (Wildman–Crippen MR) is 104 cm³/mol. The second-order valence-corrected chi connectivity index (χ2v) is 6.90. The van der Waals surface area contributed by atoms with E-state index in [0.29, 0.717) is 27.9 Å². The van der Waals surface area contributed by atoms with Crippen LogP contribution in [0.15, 0.2) is 54.6 Å². The Morgan fingerprint density at radius 2 is 1.60 bits per heavy atom. The van der Waals surface area contributed by atoms with E-state index in [0.717, 1.165) is 29.8 Å². The van der Waals surface area contributed by atoms with Gasteiger partial charge >= 0.3 is 0 Å². The molecule has 0 radical (unpaired) electrons. The van der Waals surface area contributed by atoms with Gasteiger partial charge in [-0.1, -0.05) is 53.5 Å². The number of hydrogen-bond donors (Lipinski definition) is 2. The molecule has 1 aliphatic carbocycles. The molecule has 126 valence electrons. The van der Waals surface area contributed by atoms with Crippen LogP contribution in [0, 0.1) is 0 Å². The van der Waals surface area contributed by atoms with E-state index in [1.807, 2.05) is 48.5 Å². The smallest absolute Gasteiger partial charge is 0.225 e.